The summed E-state index contributed by atoms with van der Waals surface area (Å²) < 4.78 is 11.7. The van der Waals surface area contributed by atoms with Crippen LogP contribution in [0.15, 0.2) is 23.3 Å². The minimum absolute atomic E-state index is 0.0786. The van der Waals surface area contributed by atoms with Crippen LogP contribution in [-0.4, -0.2) is 67.4 Å². The molecule has 4 rings (SSSR count). The summed E-state index contributed by atoms with van der Waals surface area (Å²) in [6.45, 7) is 3.37. The van der Waals surface area contributed by atoms with Crippen molar-refractivity contribution in [3.63, 3.8) is 0 Å². The van der Waals surface area contributed by atoms with Crippen LogP contribution in [0, 0.1) is 0 Å². The number of likely N-dealkylation sites (N-methyl/N-ethyl adjacent to an activating group) is 1. The minimum Gasteiger partial charge on any atom is -0.489 e. The maximum atomic E-state index is 12.4. The van der Waals surface area contributed by atoms with Gasteiger partial charge < -0.3 is 24.3 Å². The van der Waals surface area contributed by atoms with E-state index in [2.05, 4.69) is 33.9 Å². The van der Waals surface area contributed by atoms with Gasteiger partial charge in [0, 0.05) is 43.7 Å². The number of benzene rings is 1. The van der Waals surface area contributed by atoms with E-state index in [-0.39, 0.29) is 11.7 Å². The van der Waals surface area contributed by atoms with E-state index in [4.69, 9.17) is 9.47 Å². The molecule has 7 nitrogen and oxygen atoms in total. The molecule has 26 heavy (non-hydrogen) atoms. The lowest BCUT2D eigenvalue weighted by molar-refractivity contribution is 0.0262. The second-order valence-electron chi connectivity index (χ2n) is 7.35. The van der Waals surface area contributed by atoms with E-state index < -0.39 is 0 Å². The highest BCUT2D eigenvalue weighted by Crippen LogP contribution is 2.32. The summed E-state index contributed by atoms with van der Waals surface area (Å²) in [6.07, 6.45) is 4.35. The number of nitrogens with one attached hydrogen (secondary N) is 1. The van der Waals surface area contributed by atoms with Crippen LogP contribution < -0.4 is 15.2 Å². The maximum absolute atomic E-state index is 12.4. The number of rotatable bonds is 4. The second kappa shape index (κ2) is 7.25. The number of fused-ring (bicyclic) bond motifs is 1. The first-order valence-electron chi connectivity index (χ1n) is 9.29. The molecule has 1 aromatic heterocycles. The Kier molecular flexibility index (Phi) is 4.82. The van der Waals surface area contributed by atoms with Crippen molar-refractivity contribution in [2.24, 2.45) is 0 Å². The molecule has 7 heteroatoms. The molecule has 0 saturated carbocycles. The van der Waals surface area contributed by atoms with Crippen LogP contribution >= 0.6 is 0 Å². The van der Waals surface area contributed by atoms with Gasteiger partial charge in [0.05, 0.1) is 25.1 Å². The van der Waals surface area contributed by atoms with Crippen LogP contribution in [0.4, 0.5) is 5.69 Å². The van der Waals surface area contributed by atoms with Crippen LogP contribution in [0.3, 0.4) is 0 Å². The van der Waals surface area contributed by atoms with Gasteiger partial charge in [-0.1, -0.05) is 0 Å². The first-order chi connectivity index (χ1) is 12.6. The smallest absolute Gasteiger partial charge is 0.262 e. The number of hydrogen-bond acceptors (Lipinski definition) is 6. The number of nitrogens with zero attached hydrogens (tertiary/aromatic N) is 3. The Labute approximate surface area is 152 Å². The van der Waals surface area contributed by atoms with E-state index in [1.165, 1.54) is 6.33 Å². The lowest BCUT2D eigenvalue weighted by atomic mass is 10.1. The zero-order valence-electron chi connectivity index (χ0n) is 15.4. The predicted octanol–water partition coefficient (Wildman–Crippen LogP) is 1.62. The van der Waals surface area contributed by atoms with Gasteiger partial charge in [0.15, 0.2) is 0 Å². The maximum Gasteiger partial charge on any atom is 0.262 e. The fourth-order valence-corrected chi connectivity index (χ4v) is 3.80. The third kappa shape index (κ3) is 3.41. The monoisotopic (exact) mass is 358 g/mol. The summed E-state index contributed by atoms with van der Waals surface area (Å²) in [5, 5.41) is 0.533. The van der Waals surface area contributed by atoms with Crippen LogP contribution in [0.2, 0.25) is 0 Å². The summed E-state index contributed by atoms with van der Waals surface area (Å²) in [6, 6.07) is 4.55. The van der Waals surface area contributed by atoms with E-state index in [1.807, 2.05) is 12.1 Å². The van der Waals surface area contributed by atoms with Crippen molar-refractivity contribution in [1.29, 1.82) is 0 Å². The first-order valence-corrected chi connectivity index (χ1v) is 9.29. The van der Waals surface area contributed by atoms with Gasteiger partial charge in [-0.2, -0.15) is 0 Å². The number of aromatic amines is 1. The van der Waals surface area contributed by atoms with Gasteiger partial charge in [-0.05, 0) is 26.6 Å². The molecule has 140 valence electrons. The molecule has 2 aromatic rings. The highest BCUT2D eigenvalue weighted by atomic mass is 16.5. The molecule has 1 aromatic carbocycles. The first kappa shape index (κ1) is 17.3. The summed E-state index contributed by atoms with van der Waals surface area (Å²) in [5.74, 6) is 0.632. The van der Waals surface area contributed by atoms with Crippen LogP contribution in [0.5, 0.6) is 5.75 Å². The molecule has 0 aliphatic carbocycles. The fourth-order valence-electron chi connectivity index (χ4n) is 3.80. The number of hydrogen-bond donors (Lipinski definition) is 1. The Hall–Kier alpha value is -2.12. The van der Waals surface area contributed by atoms with Crippen molar-refractivity contribution in [1.82, 2.24) is 14.9 Å². The van der Waals surface area contributed by atoms with Gasteiger partial charge in [-0.3, -0.25) is 4.79 Å². The number of ether oxygens (including phenoxy) is 2. The molecule has 2 aliphatic rings. The lowest BCUT2D eigenvalue weighted by Gasteiger charge is -2.26. The van der Waals surface area contributed by atoms with Crippen molar-refractivity contribution < 1.29 is 9.47 Å². The van der Waals surface area contributed by atoms with Crippen molar-refractivity contribution in [2.75, 3.05) is 45.3 Å². The van der Waals surface area contributed by atoms with Gasteiger partial charge in [0.1, 0.15) is 17.2 Å². The van der Waals surface area contributed by atoms with Crippen LogP contribution in [0.1, 0.15) is 19.3 Å². The second-order valence-corrected chi connectivity index (χ2v) is 7.35. The molecule has 1 unspecified atom stereocenters. The van der Waals surface area contributed by atoms with Crippen LogP contribution in [-0.2, 0) is 4.74 Å². The molecular weight excluding hydrogens is 332 g/mol. The highest BCUT2D eigenvalue weighted by Gasteiger charge is 2.26. The van der Waals surface area contributed by atoms with Gasteiger partial charge in [0.25, 0.3) is 5.56 Å². The third-order valence-electron chi connectivity index (χ3n) is 5.41. The fraction of sp³-hybridized carbons (Fsp3) is 0.579. The number of aromatic nitrogens is 2. The molecule has 0 bridgehead atoms. The average molecular weight is 358 g/mol. The third-order valence-corrected chi connectivity index (χ3v) is 5.41. The topological polar surface area (TPSA) is 70.7 Å². The molecule has 2 saturated heterocycles. The molecule has 0 radical (unpaired) electrons. The minimum atomic E-state index is -0.156. The zero-order valence-corrected chi connectivity index (χ0v) is 15.4. The zero-order chi connectivity index (χ0) is 18.1. The summed E-state index contributed by atoms with van der Waals surface area (Å²) >= 11 is 0. The van der Waals surface area contributed by atoms with Crippen molar-refractivity contribution in [3.05, 3.63) is 28.8 Å². The summed E-state index contributed by atoms with van der Waals surface area (Å²) in [5.41, 5.74) is 1.60. The Balaban J connectivity index is 1.70. The van der Waals surface area contributed by atoms with Crippen molar-refractivity contribution >= 4 is 16.6 Å². The Morgan fingerprint density at radius 2 is 2.08 bits per heavy atom. The average Bonchev–Trinajstić information content (AvgIpc) is 3.13. The number of H-pyrrole nitrogens is 1. The van der Waals surface area contributed by atoms with Gasteiger partial charge in [-0.25, -0.2) is 4.98 Å². The van der Waals surface area contributed by atoms with E-state index in [1.54, 1.807) is 0 Å². The van der Waals surface area contributed by atoms with Gasteiger partial charge in [-0.15, -0.1) is 0 Å². The normalized spacial score (nSPS) is 21.7. The molecule has 0 spiro atoms. The predicted molar refractivity (Wildman–Crippen MR) is 101 cm³/mol. The van der Waals surface area contributed by atoms with E-state index in [9.17, 15) is 4.79 Å². The standard InChI is InChI=1S/C19H26N4O3/c1-22(2)13-3-6-23(11-13)14-9-16-18(19(24)21-12-20-16)17(10-14)26-15-4-7-25-8-5-15/h9-10,12-13,15H,3-8,11H2,1-2H3,(H,20,21,24). The Morgan fingerprint density at radius 3 is 2.81 bits per heavy atom. The summed E-state index contributed by atoms with van der Waals surface area (Å²) in [4.78, 5) is 24.1. The summed E-state index contributed by atoms with van der Waals surface area (Å²) in [7, 11) is 4.24. The Bertz CT molecular complexity index is 829. The molecular formula is C19H26N4O3. The SMILES string of the molecule is CN(C)C1CCN(c2cc(OC3CCOCC3)c3c(=O)[nH]cnc3c2)C1. The number of anilines is 1. The van der Waals surface area contributed by atoms with Gasteiger partial charge in [0.2, 0.25) is 0 Å². The molecule has 2 aliphatic heterocycles. The largest absolute Gasteiger partial charge is 0.489 e. The van der Waals surface area contributed by atoms with E-state index in [0.717, 1.165) is 38.0 Å². The Morgan fingerprint density at radius 1 is 1.27 bits per heavy atom. The highest BCUT2D eigenvalue weighted by molar-refractivity contribution is 5.88. The van der Waals surface area contributed by atoms with Crippen molar-refractivity contribution in [2.45, 2.75) is 31.4 Å². The molecule has 1 N–H and O–H groups in total. The van der Waals surface area contributed by atoms with E-state index in [0.29, 0.717) is 35.9 Å². The lowest BCUT2D eigenvalue weighted by Crippen LogP contribution is -2.31. The van der Waals surface area contributed by atoms with Crippen LogP contribution in [0.25, 0.3) is 10.9 Å². The van der Waals surface area contributed by atoms with Crippen molar-refractivity contribution in [3.8, 4) is 5.75 Å². The molecule has 3 heterocycles. The molecule has 2 fully saturated rings. The molecule has 1 atom stereocenters. The van der Waals surface area contributed by atoms with Gasteiger partial charge >= 0.3 is 0 Å². The quantitative estimate of drug-likeness (QED) is 0.896. The van der Waals surface area contributed by atoms with E-state index >= 15 is 0 Å². The molecule has 0 amide bonds.